The zero-order valence-corrected chi connectivity index (χ0v) is 14.5. The molecule has 0 aliphatic carbocycles. The van der Waals surface area contributed by atoms with Crippen LogP contribution in [0.3, 0.4) is 0 Å². The third-order valence-corrected chi connectivity index (χ3v) is 4.13. The minimum atomic E-state index is -4.62. The quantitative estimate of drug-likeness (QED) is 0.842. The van der Waals surface area contributed by atoms with E-state index in [1.54, 1.807) is 4.90 Å². The summed E-state index contributed by atoms with van der Waals surface area (Å²) in [5, 5.41) is 5.43. The van der Waals surface area contributed by atoms with Crippen LogP contribution in [0.4, 0.5) is 13.2 Å². The van der Waals surface area contributed by atoms with E-state index in [4.69, 9.17) is 0 Å². The van der Waals surface area contributed by atoms with Gasteiger partial charge in [-0.1, -0.05) is 12.1 Å². The molecule has 0 aromatic heterocycles. The molecule has 2 amide bonds. The number of piperidine rings is 1. The van der Waals surface area contributed by atoms with Gasteiger partial charge >= 0.3 is 6.18 Å². The van der Waals surface area contributed by atoms with E-state index in [0.29, 0.717) is 19.1 Å². The van der Waals surface area contributed by atoms with Crippen LogP contribution < -0.4 is 10.6 Å². The number of rotatable bonds is 4. The molecular formula is C16H21ClF3N3O2. The normalized spacial score (nSPS) is 15.4. The van der Waals surface area contributed by atoms with Gasteiger partial charge in [0, 0.05) is 19.1 Å². The zero-order chi connectivity index (χ0) is 17.7. The lowest BCUT2D eigenvalue weighted by Gasteiger charge is -2.31. The van der Waals surface area contributed by atoms with Crippen LogP contribution in [0.5, 0.6) is 0 Å². The molecule has 0 radical (unpaired) electrons. The first-order chi connectivity index (χ1) is 11.3. The van der Waals surface area contributed by atoms with Crippen LogP contribution in [0.15, 0.2) is 24.3 Å². The van der Waals surface area contributed by atoms with E-state index >= 15 is 0 Å². The standard InChI is InChI=1S/C16H20F3N3O2.ClH/c1-20-11-6-8-22(9-7-11)14(23)10-21-15(24)12-4-2-3-5-13(12)16(17,18)19;/h2-5,11,20H,6-10H2,1H3,(H,21,24);1H. The number of halogens is 4. The Balaban J connectivity index is 0.00000312. The van der Waals surface area contributed by atoms with Crippen LogP contribution in [0, 0.1) is 0 Å². The summed E-state index contributed by atoms with van der Waals surface area (Å²) >= 11 is 0. The number of nitrogens with one attached hydrogen (secondary N) is 2. The number of nitrogens with zero attached hydrogens (tertiary/aromatic N) is 1. The van der Waals surface area contributed by atoms with Crippen molar-refractivity contribution in [3.8, 4) is 0 Å². The van der Waals surface area contributed by atoms with Crippen LogP contribution in [0.2, 0.25) is 0 Å². The average molecular weight is 380 g/mol. The summed E-state index contributed by atoms with van der Waals surface area (Å²) in [7, 11) is 1.86. The van der Waals surface area contributed by atoms with Gasteiger partial charge in [-0.15, -0.1) is 12.4 Å². The van der Waals surface area contributed by atoms with E-state index < -0.39 is 23.2 Å². The minimum absolute atomic E-state index is 0. The van der Waals surface area contributed by atoms with Crippen LogP contribution in [0.1, 0.15) is 28.8 Å². The maximum absolute atomic E-state index is 12.9. The highest BCUT2D eigenvalue weighted by Gasteiger charge is 2.35. The van der Waals surface area contributed by atoms with E-state index in [2.05, 4.69) is 10.6 Å². The predicted molar refractivity (Wildman–Crippen MR) is 89.7 cm³/mol. The first-order valence-corrected chi connectivity index (χ1v) is 7.72. The Hall–Kier alpha value is -1.80. The molecule has 25 heavy (non-hydrogen) atoms. The summed E-state index contributed by atoms with van der Waals surface area (Å²) in [6.07, 6.45) is -2.99. The lowest BCUT2D eigenvalue weighted by Crippen LogP contribution is -2.47. The van der Waals surface area contributed by atoms with Crippen molar-refractivity contribution in [2.75, 3.05) is 26.7 Å². The van der Waals surface area contributed by atoms with Crippen molar-refractivity contribution in [2.24, 2.45) is 0 Å². The lowest BCUT2D eigenvalue weighted by atomic mass is 10.1. The Kier molecular flexibility index (Phi) is 7.69. The molecule has 5 nitrogen and oxygen atoms in total. The fraction of sp³-hybridized carbons (Fsp3) is 0.500. The predicted octanol–water partition coefficient (Wildman–Crippen LogP) is 2.07. The van der Waals surface area contributed by atoms with E-state index in [9.17, 15) is 22.8 Å². The van der Waals surface area contributed by atoms with Gasteiger partial charge in [0.05, 0.1) is 17.7 Å². The molecular weight excluding hydrogens is 359 g/mol. The molecule has 1 aliphatic rings. The fourth-order valence-electron chi connectivity index (χ4n) is 2.71. The van der Waals surface area contributed by atoms with Crippen molar-refractivity contribution >= 4 is 24.2 Å². The smallest absolute Gasteiger partial charge is 0.343 e. The Morgan fingerprint density at radius 1 is 1.20 bits per heavy atom. The summed E-state index contributed by atoms with van der Waals surface area (Å²) in [6, 6.07) is 4.88. The molecule has 0 bridgehead atoms. The largest absolute Gasteiger partial charge is 0.417 e. The lowest BCUT2D eigenvalue weighted by molar-refractivity contribution is -0.137. The molecule has 1 saturated heterocycles. The van der Waals surface area contributed by atoms with Crippen LogP contribution in [0.25, 0.3) is 0 Å². The summed E-state index contributed by atoms with van der Waals surface area (Å²) in [5.74, 6) is -1.19. The Bertz CT molecular complexity index is 603. The third kappa shape index (κ3) is 5.61. The highest BCUT2D eigenvalue weighted by Crippen LogP contribution is 2.31. The Morgan fingerprint density at radius 2 is 1.80 bits per heavy atom. The molecule has 1 heterocycles. The van der Waals surface area contributed by atoms with Crippen molar-refractivity contribution in [3.05, 3.63) is 35.4 Å². The van der Waals surface area contributed by atoms with Gasteiger partial charge in [0.25, 0.3) is 5.91 Å². The van der Waals surface area contributed by atoms with Crippen molar-refractivity contribution in [1.29, 1.82) is 0 Å². The zero-order valence-electron chi connectivity index (χ0n) is 13.7. The fourth-order valence-corrected chi connectivity index (χ4v) is 2.71. The van der Waals surface area contributed by atoms with Gasteiger partial charge in [0.1, 0.15) is 0 Å². The molecule has 2 N–H and O–H groups in total. The molecule has 1 aliphatic heterocycles. The molecule has 2 rings (SSSR count). The summed E-state index contributed by atoms with van der Waals surface area (Å²) in [6.45, 7) is 0.827. The number of hydrogen-bond acceptors (Lipinski definition) is 3. The van der Waals surface area contributed by atoms with Crippen molar-refractivity contribution in [3.63, 3.8) is 0 Å². The van der Waals surface area contributed by atoms with Gasteiger partial charge in [-0.25, -0.2) is 0 Å². The molecule has 1 fully saturated rings. The SMILES string of the molecule is CNC1CCN(C(=O)CNC(=O)c2ccccc2C(F)(F)F)CC1.Cl. The second-order valence-corrected chi connectivity index (χ2v) is 5.67. The molecule has 1 aromatic carbocycles. The number of likely N-dealkylation sites (tertiary alicyclic amines) is 1. The molecule has 140 valence electrons. The maximum Gasteiger partial charge on any atom is 0.417 e. The number of amides is 2. The number of hydrogen-bond donors (Lipinski definition) is 2. The van der Waals surface area contributed by atoms with E-state index in [0.717, 1.165) is 25.0 Å². The van der Waals surface area contributed by atoms with Gasteiger partial charge in [-0.3, -0.25) is 9.59 Å². The van der Waals surface area contributed by atoms with Gasteiger partial charge < -0.3 is 15.5 Å². The molecule has 0 atom stereocenters. The molecule has 0 saturated carbocycles. The van der Waals surface area contributed by atoms with Gasteiger partial charge in [0.2, 0.25) is 5.91 Å². The Morgan fingerprint density at radius 3 is 2.36 bits per heavy atom. The van der Waals surface area contributed by atoms with Crippen molar-refractivity contribution < 1.29 is 22.8 Å². The topological polar surface area (TPSA) is 61.4 Å². The second-order valence-electron chi connectivity index (χ2n) is 5.67. The van der Waals surface area contributed by atoms with Gasteiger partial charge in [-0.05, 0) is 32.0 Å². The minimum Gasteiger partial charge on any atom is -0.343 e. The van der Waals surface area contributed by atoms with E-state index in [1.807, 2.05) is 7.05 Å². The van der Waals surface area contributed by atoms with E-state index in [1.165, 1.54) is 12.1 Å². The number of carbonyl (C=O) groups is 2. The van der Waals surface area contributed by atoms with Gasteiger partial charge in [0.15, 0.2) is 0 Å². The number of alkyl halides is 3. The summed E-state index contributed by atoms with van der Waals surface area (Å²) in [4.78, 5) is 25.7. The second kappa shape index (κ2) is 9.05. The van der Waals surface area contributed by atoms with Crippen LogP contribution >= 0.6 is 12.4 Å². The maximum atomic E-state index is 12.9. The third-order valence-electron chi connectivity index (χ3n) is 4.13. The van der Waals surface area contributed by atoms with Gasteiger partial charge in [-0.2, -0.15) is 13.2 Å². The molecule has 0 spiro atoms. The van der Waals surface area contributed by atoms with Crippen LogP contribution in [-0.4, -0.2) is 49.4 Å². The molecule has 1 aromatic rings. The van der Waals surface area contributed by atoms with Crippen molar-refractivity contribution in [1.82, 2.24) is 15.5 Å². The summed E-state index contributed by atoms with van der Waals surface area (Å²) in [5.41, 5.74) is -1.49. The molecule has 0 unspecified atom stereocenters. The van der Waals surface area contributed by atoms with Crippen molar-refractivity contribution in [2.45, 2.75) is 25.1 Å². The highest BCUT2D eigenvalue weighted by molar-refractivity contribution is 5.97. The highest BCUT2D eigenvalue weighted by atomic mass is 35.5. The number of carbonyl (C=O) groups excluding carboxylic acids is 2. The monoisotopic (exact) mass is 379 g/mol. The molecule has 9 heteroatoms. The first kappa shape index (κ1) is 21.2. The average Bonchev–Trinajstić information content (AvgIpc) is 2.58. The first-order valence-electron chi connectivity index (χ1n) is 7.72. The van der Waals surface area contributed by atoms with Crippen LogP contribution in [-0.2, 0) is 11.0 Å². The number of benzene rings is 1. The summed E-state index contributed by atoms with van der Waals surface area (Å²) < 4.78 is 38.7. The van der Waals surface area contributed by atoms with E-state index in [-0.39, 0.29) is 24.9 Å². The Labute approximate surface area is 150 Å².